The summed E-state index contributed by atoms with van der Waals surface area (Å²) >= 11 is 0. The number of urea groups is 1. The molecular formula is C18H26N4O3. The van der Waals surface area contributed by atoms with E-state index in [2.05, 4.69) is 4.98 Å². The number of nitrogens with two attached hydrogens (primary N) is 1. The summed E-state index contributed by atoms with van der Waals surface area (Å²) in [5, 5.41) is 0. The zero-order valence-corrected chi connectivity index (χ0v) is 14.5. The summed E-state index contributed by atoms with van der Waals surface area (Å²) in [4.78, 5) is 31.8. The number of aromatic nitrogens is 1. The minimum Gasteiger partial charge on any atom is -0.372 e. The molecule has 2 saturated heterocycles. The Labute approximate surface area is 148 Å². The average Bonchev–Trinajstić information content (AvgIpc) is 2.67. The molecular weight excluding hydrogens is 320 g/mol. The van der Waals surface area contributed by atoms with Gasteiger partial charge in [-0.25, -0.2) is 4.79 Å². The molecule has 0 radical (unpaired) electrons. The van der Waals surface area contributed by atoms with Crippen molar-refractivity contribution in [3.63, 3.8) is 0 Å². The normalized spacial score (nSPS) is 22.0. The molecule has 0 spiro atoms. The summed E-state index contributed by atoms with van der Waals surface area (Å²) < 4.78 is 5.92. The lowest BCUT2D eigenvalue weighted by Gasteiger charge is -2.37. The van der Waals surface area contributed by atoms with Gasteiger partial charge in [-0.15, -0.1) is 0 Å². The van der Waals surface area contributed by atoms with Crippen LogP contribution in [-0.4, -0.2) is 59.0 Å². The third-order valence-electron chi connectivity index (χ3n) is 5.03. The maximum atomic E-state index is 12.7. The highest BCUT2D eigenvalue weighted by Gasteiger charge is 2.32. The number of piperidine rings is 2. The van der Waals surface area contributed by atoms with Crippen molar-refractivity contribution in [1.82, 2.24) is 14.8 Å². The van der Waals surface area contributed by atoms with Crippen LogP contribution in [0.3, 0.4) is 0 Å². The Morgan fingerprint density at radius 3 is 2.64 bits per heavy atom. The summed E-state index contributed by atoms with van der Waals surface area (Å²) in [6.07, 6.45) is 5.27. The zero-order valence-electron chi connectivity index (χ0n) is 14.5. The maximum Gasteiger partial charge on any atom is 0.314 e. The first-order valence-corrected chi connectivity index (χ1v) is 8.98. The van der Waals surface area contributed by atoms with Crippen LogP contribution in [0.2, 0.25) is 0 Å². The Bertz CT molecular complexity index is 587. The van der Waals surface area contributed by atoms with Gasteiger partial charge in [0.2, 0.25) is 5.91 Å². The Morgan fingerprint density at radius 1 is 1.16 bits per heavy atom. The van der Waals surface area contributed by atoms with E-state index >= 15 is 0 Å². The van der Waals surface area contributed by atoms with Crippen molar-refractivity contribution in [2.45, 2.75) is 38.4 Å². The first-order chi connectivity index (χ1) is 12.1. The number of primary amides is 1. The van der Waals surface area contributed by atoms with Crippen LogP contribution in [0.15, 0.2) is 24.4 Å². The standard InChI is InChI=1S/C18H26N4O3/c19-18(24)22-9-3-4-14(12-22)17(23)21-10-6-16(7-11-21)25-13-15-5-1-2-8-20-15/h1-2,5,8,14,16H,3-4,6-7,9-13H2,(H2,19,24). The lowest BCUT2D eigenvalue weighted by Crippen LogP contribution is -2.50. The number of carbonyl (C=O) groups is 2. The number of hydrogen-bond acceptors (Lipinski definition) is 4. The predicted molar refractivity (Wildman–Crippen MR) is 92.5 cm³/mol. The summed E-state index contributed by atoms with van der Waals surface area (Å²) in [6.45, 7) is 3.03. The number of amides is 3. The molecule has 2 N–H and O–H groups in total. The van der Waals surface area contributed by atoms with Crippen molar-refractivity contribution in [3.8, 4) is 0 Å². The smallest absolute Gasteiger partial charge is 0.314 e. The van der Waals surface area contributed by atoms with Gasteiger partial charge in [0.15, 0.2) is 0 Å². The number of hydrogen-bond donors (Lipinski definition) is 1. The molecule has 1 aromatic heterocycles. The summed E-state index contributed by atoms with van der Waals surface area (Å²) in [5.74, 6) is 0.0290. The van der Waals surface area contributed by atoms with Gasteiger partial charge >= 0.3 is 6.03 Å². The Morgan fingerprint density at radius 2 is 1.96 bits per heavy atom. The van der Waals surface area contributed by atoms with Crippen molar-refractivity contribution in [3.05, 3.63) is 30.1 Å². The first kappa shape index (κ1) is 17.7. The van der Waals surface area contributed by atoms with E-state index in [-0.39, 0.29) is 17.9 Å². The van der Waals surface area contributed by atoms with E-state index in [9.17, 15) is 9.59 Å². The van der Waals surface area contributed by atoms with E-state index in [0.29, 0.717) is 32.8 Å². The molecule has 2 aliphatic heterocycles. The molecule has 1 unspecified atom stereocenters. The molecule has 2 aliphatic rings. The van der Waals surface area contributed by atoms with E-state index in [1.54, 1.807) is 11.1 Å². The van der Waals surface area contributed by atoms with Gasteiger partial charge in [-0.05, 0) is 37.8 Å². The van der Waals surface area contributed by atoms with E-state index in [1.165, 1.54) is 0 Å². The number of rotatable bonds is 4. The van der Waals surface area contributed by atoms with E-state index < -0.39 is 6.03 Å². The molecule has 3 heterocycles. The molecule has 25 heavy (non-hydrogen) atoms. The quantitative estimate of drug-likeness (QED) is 0.892. The fraction of sp³-hybridized carbons (Fsp3) is 0.611. The molecule has 3 rings (SSSR count). The number of likely N-dealkylation sites (tertiary alicyclic amines) is 2. The van der Waals surface area contributed by atoms with Crippen LogP contribution in [0.1, 0.15) is 31.4 Å². The molecule has 7 nitrogen and oxygen atoms in total. The van der Waals surface area contributed by atoms with Crippen LogP contribution in [0.4, 0.5) is 4.79 Å². The number of pyridine rings is 1. The van der Waals surface area contributed by atoms with Gasteiger partial charge in [0.05, 0.1) is 24.3 Å². The van der Waals surface area contributed by atoms with Crippen LogP contribution in [0.5, 0.6) is 0 Å². The van der Waals surface area contributed by atoms with E-state index in [1.807, 2.05) is 23.1 Å². The second kappa shape index (κ2) is 8.29. The number of carbonyl (C=O) groups excluding carboxylic acids is 2. The van der Waals surface area contributed by atoms with Crippen molar-refractivity contribution >= 4 is 11.9 Å². The highest BCUT2D eigenvalue weighted by molar-refractivity contribution is 5.80. The van der Waals surface area contributed by atoms with Crippen LogP contribution in [0.25, 0.3) is 0 Å². The number of nitrogens with zero attached hydrogens (tertiary/aromatic N) is 3. The van der Waals surface area contributed by atoms with E-state index in [0.717, 1.165) is 31.4 Å². The Kier molecular flexibility index (Phi) is 5.86. The van der Waals surface area contributed by atoms with Crippen LogP contribution in [-0.2, 0) is 16.1 Å². The molecule has 0 bridgehead atoms. The summed E-state index contributed by atoms with van der Waals surface area (Å²) in [6, 6.07) is 5.36. The van der Waals surface area contributed by atoms with Gasteiger partial charge < -0.3 is 20.3 Å². The van der Waals surface area contributed by atoms with Crippen molar-refractivity contribution in [1.29, 1.82) is 0 Å². The van der Waals surface area contributed by atoms with Crippen molar-refractivity contribution in [2.24, 2.45) is 11.7 Å². The van der Waals surface area contributed by atoms with Crippen molar-refractivity contribution in [2.75, 3.05) is 26.2 Å². The molecule has 0 saturated carbocycles. The highest BCUT2D eigenvalue weighted by Crippen LogP contribution is 2.22. The molecule has 136 valence electrons. The molecule has 0 aromatic carbocycles. The third-order valence-corrected chi connectivity index (χ3v) is 5.03. The molecule has 1 atom stereocenters. The molecule has 1 aromatic rings. The Hall–Kier alpha value is -2.15. The minimum atomic E-state index is -0.431. The molecule has 7 heteroatoms. The average molecular weight is 346 g/mol. The van der Waals surface area contributed by atoms with E-state index in [4.69, 9.17) is 10.5 Å². The Balaban J connectivity index is 1.43. The second-order valence-electron chi connectivity index (χ2n) is 6.78. The van der Waals surface area contributed by atoms with Crippen LogP contribution < -0.4 is 5.73 Å². The monoisotopic (exact) mass is 346 g/mol. The van der Waals surface area contributed by atoms with Gasteiger partial charge in [-0.3, -0.25) is 9.78 Å². The third kappa shape index (κ3) is 4.69. The van der Waals surface area contributed by atoms with Crippen molar-refractivity contribution < 1.29 is 14.3 Å². The lowest BCUT2D eigenvalue weighted by atomic mass is 9.95. The summed E-state index contributed by atoms with van der Waals surface area (Å²) in [5.41, 5.74) is 6.27. The molecule has 0 aliphatic carbocycles. The number of ether oxygens (including phenoxy) is 1. The maximum absolute atomic E-state index is 12.7. The van der Waals surface area contributed by atoms with Gasteiger partial charge in [0.25, 0.3) is 0 Å². The predicted octanol–water partition coefficient (Wildman–Crippen LogP) is 1.38. The van der Waals surface area contributed by atoms with Crippen LogP contribution in [0, 0.1) is 5.92 Å². The second-order valence-corrected chi connectivity index (χ2v) is 6.78. The fourth-order valence-electron chi connectivity index (χ4n) is 3.57. The van der Waals surface area contributed by atoms with Gasteiger partial charge in [-0.2, -0.15) is 0 Å². The largest absolute Gasteiger partial charge is 0.372 e. The summed E-state index contributed by atoms with van der Waals surface area (Å²) in [7, 11) is 0. The minimum absolute atomic E-state index is 0.118. The van der Waals surface area contributed by atoms with Gasteiger partial charge in [-0.1, -0.05) is 6.07 Å². The zero-order chi connectivity index (χ0) is 17.6. The lowest BCUT2D eigenvalue weighted by molar-refractivity contribution is -0.139. The SMILES string of the molecule is NC(=O)N1CCCC(C(=O)N2CCC(OCc3ccccn3)CC2)C1. The first-order valence-electron chi connectivity index (χ1n) is 8.98. The topological polar surface area (TPSA) is 88.8 Å². The molecule has 2 fully saturated rings. The van der Waals surface area contributed by atoms with Gasteiger partial charge in [0, 0.05) is 32.4 Å². The highest BCUT2D eigenvalue weighted by atomic mass is 16.5. The fourth-order valence-corrected chi connectivity index (χ4v) is 3.57. The molecule has 3 amide bonds. The van der Waals surface area contributed by atoms with Gasteiger partial charge in [0.1, 0.15) is 0 Å². The van der Waals surface area contributed by atoms with Crippen LogP contribution >= 0.6 is 0 Å².